The number of hydrogen-bond acceptors (Lipinski definition) is 3. The molecule has 0 saturated heterocycles. The van der Waals surface area contributed by atoms with E-state index in [1.54, 1.807) is 0 Å². The summed E-state index contributed by atoms with van der Waals surface area (Å²) in [5, 5.41) is 14.4. The highest BCUT2D eigenvalue weighted by Crippen LogP contribution is 2.11. The molecule has 0 aromatic carbocycles. The number of amides is 2. The third kappa shape index (κ3) is 24.3. The topological polar surface area (TPSA) is 95.5 Å². The van der Waals surface area contributed by atoms with Gasteiger partial charge in [0.15, 0.2) is 0 Å². The predicted molar refractivity (Wildman–Crippen MR) is 127 cm³/mol. The fraction of sp³-hybridized carbons (Fsp3) is 0.800. The molecule has 0 aliphatic rings. The average molecular weight is 439 g/mol. The molecule has 2 amide bonds. The molecule has 0 aliphatic heterocycles. The van der Waals surface area contributed by atoms with Crippen LogP contribution in [-0.4, -0.2) is 36.0 Å². The molecule has 0 aromatic heterocycles. The van der Waals surface area contributed by atoms with E-state index >= 15 is 0 Å². The van der Waals surface area contributed by atoms with Crippen LogP contribution < -0.4 is 10.6 Å². The lowest BCUT2D eigenvalue weighted by Gasteiger charge is -2.06. The number of nitrogens with one attached hydrogen (secondary N) is 2. The van der Waals surface area contributed by atoms with Gasteiger partial charge >= 0.3 is 5.97 Å². The van der Waals surface area contributed by atoms with E-state index < -0.39 is 5.97 Å². The molecule has 0 aromatic rings. The summed E-state index contributed by atoms with van der Waals surface area (Å²) in [6.45, 7) is 4.94. The Kier molecular flexibility index (Phi) is 21.5. The summed E-state index contributed by atoms with van der Waals surface area (Å²) < 4.78 is 0. The maximum absolute atomic E-state index is 11.8. The zero-order chi connectivity index (χ0) is 23.0. The Morgan fingerprint density at radius 1 is 0.581 bits per heavy atom. The summed E-state index contributed by atoms with van der Waals surface area (Å²) in [4.78, 5) is 33.2. The number of carboxylic acid groups (broad SMARTS) is 1. The second-order valence-corrected chi connectivity index (χ2v) is 8.40. The average Bonchev–Trinajstić information content (AvgIpc) is 2.75. The van der Waals surface area contributed by atoms with Crippen LogP contribution in [0.2, 0.25) is 0 Å². The zero-order valence-electron chi connectivity index (χ0n) is 19.6. The fourth-order valence-corrected chi connectivity index (χ4v) is 3.53. The molecule has 0 unspecified atom stereocenters. The Morgan fingerprint density at radius 2 is 0.968 bits per heavy atom. The Balaban J connectivity index is 3.21. The molecule has 0 rings (SSSR count). The van der Waals surface area contributed by atoms with Crippen molar-refractivity contribution in [2.75, 3.05) is 13.1 Å². The van der Waals surface area contributed by atoms with Crippen LogP contribution in [0.25, 0.3) is 0 Å². The molecule has 0 spiro atoms. The van der Waals surface area contributed by atoms with Crippen molar-refractivity contribution in [2.24, 2.45) is 0 Å². The summed E-state index contributed by atoms with van der Waals surface area (Å²) >= 11 is 0. The van der Waals surface area contributed by atoms with Crippen LogP contribution in [0.5, 0.6) is 0 Å². The number of carbonyl (C=O) groups is 3. The number of aliphatic carboxylic acids is 1. The summed E-state index contributed by atoms with van der Waals surface area (Å²) in [5.41, 5.74) is 0. The Hall–Kier alpha value is -1.85. The van der Waals surface area contributed by atoms with Crippen LogP contribution in [0.15, 0.2) is 12.7 Å². The van der Waals surface area contributed by atoms with Crippen molar-refractivity contribution >= 4 is 17.8 Å². The van der Waals surface area contributed by atoms with E-state index in [1.165, 1.54) is 51.0 Å². The van der Waals surface area contributed by atoms with Gasteiger partial charge in [0, 0.05) is 25.9 Å². The first kappa shape index (κ1) is 29.1. The molecule has 6 nitrogen and oxygen atoms in total. The first-order chi connectivity index (χ1) is 15.1. The van der Waals surface area contributed by atoms with E-state index in [-0.39, 0.29) is 11.8 Å². The Labute approximate surface area is 189 Å². The molecular formula is C25H46N2O4. The summed E-state index contributed by atoms with van der Waals surface area (Å²) in [6, 6.07) is 0. The van der Waals surface area contributed by atoms with E-state index in [1.807, 2.05) is 0 Å². The number of carboxylic acids is 1. The molecule has 0 atom stereocenters. The van der Waals surface area contributed by atoms with Gasteiger partial charge in [-0.25, -0.2) is 0 Å². The van der Waals surface area contributed by atoms with Gasteiger partial charge in [-0.05, 0) is 31.8 Å². The smallest absolute Gasteiger partial charge is 0.303 e. The van der Waals surface area contributed by atoms with E-state index in [4.69, 9.17) is 5.11 Å². The van der Waals surface area contributed by atoms with E-state index in [0.29, 0.717) is 12.8 Å². The molecule has 180 valence electrons. The maximum atomic E-state index is 11.8. The van der Waals surface area contributed by atoms with Gasteiger partial charge in [-0.2, -0.15) is 0 Å². The molecule has 0 radical (unpaired) electrons. The molecule has 0 fully saturated rings. The molecule has 31 heavy (non-hydrogen) atoms. The molecule has 3 N–H and O–H groups in total. The van der Waals surface area contributed by atoms with Crippen LogP contribution in [-0.2, 0) is 14.4 Å². The summed E-state index contributed by atoms with van der Waals surface area (Å²) in [6.07, 6.45) is 20.0. The highest BCUT2D eigenvalue weighted by Gasteiger charge is 2.01. The third-order valence-corrected chi connectivity index (χ3v) is 5.45. The van der Waals surface area contributed by atoms with Crippen LogP contribution in [0.3, 0.4) is 0 Å². The molecule has 0 heterocycles. The SMILES string of the molecule is C=CC(=O)NCCCCCCCCCCC(=O)NCCCCCCCCCCC(=O)O. The number of unbranched alkanes of at least 4 members (excludes halogenated alkanes) is 14. The molecule has 6 heteroatoms. The minimum absolute atomic E-state index is 0.0951. The standard InChI is InChI=1S/C25H46N2O4/c1-2-23(28)26-21-17-13-9-5-3-7-11-15-19-24(29)27-22-18-14-10-6-4-8-12-16-20-25(30)31/h2H,1,3-22H2,(H,26,28)(H,27,29)(H,30,31). The fourth-order valence-electron chi connectivity index (χ4n) is 3.53. The lowest BCUT2D eigenvalue weighted by molar-refractivity contribution is -0.137. The van der Waals surface area contributed by atoms with Gasteiger partial charge in [0.2, 0.25) is 11.8 Å². The second kappa shape index (κ2) is 22.8. The number of carbonyl (C=O) groups excluding carboxylic acids is 2. The predicted octanol–water partition coefficient (Wildman–Crippen LogP) is 5.51. The largest absolute Gasteiger partial charge is 0.481 e. The minimum atomic E-state index is -0.696. The van der Waals surface area contributed by atoms with Gasteiger partial charge in [0.1, 0.15) is 0 Å². The van der Waals surface area contributed by atoms with E-state index in [0.717, 1.165) is 70.9 Å². The van der Waals surface area contributed by atoms with Crippen molar-refractivity contribution in [2.45, 2.75) is 116 Å². The molecule has 0 bridgehead atoms. The number of rotatable bonds is 23. The van der Waals surface area contributed by atoms with Gasteiger partial charge in [-0.1, -0.05) is 83.6 Å². The maximum Gasteiger partial charge on any atom is 0.303 e. The van der Waals surface area contributed by atoms with Crippen LogP contribution >= 0.6 is 0 Å². The molecule has 0 saturated carbocycles. The van der Waals surface area contributed by atoms with E-state index in [9.17, 15) is 14.4 Å². The molecule has 0 aliphatic carbocycles. The highest BCUT2D eigenvalue weighted by molar-refractivity contribution is 5.86. The Bertz CT molecular complexity index is 480. The van der Waals surface area contributed by atoms with Crippen molar-refractivity contribution in [1.29, 1.82) is 0 Å². The van der Waals surface area contributed by atoms with E-state index in [2.05, 4.69) is 17.2 Å². The number of hydrogen-bond donors (Lipinski definition) is 3. The molecular weight excluding hydrogens is 392 g/mol. The van der Waals surface area contributed by atoms with Crippen LogP contribution in [0.1, 0.15) is 116 Å². The van der Waals surface area contributed by atoms with Gasteiger partial charge in [-0.3, -0.25) is 14.4 Å². The second-order valence-electron chi connectivity index (χ2n) is 8.40. The first-order valence-corrected chi connectivity index (χ1v) is 12.4. The van der Waals surface area contributed by atoms with Crippen molar-refractivity contribution in [3.63, 3.8) is 0 Å². The third-order valence-electron chi connectivity index (χ3n) is 5.45. The normalized spacial score (nSPS) is 10.6. The lowest BCUT2D eigenvalue weighted by atomic mass is 10.1. The van der Waals surface area contributed by atoms with Crippen molar-refractivity contribution < 1.29 is 19.5 Å². The van der Waals surface area contributed by atoms with Crippen LogP contribution in [0.4, 0.5) is 0 Å². The van der Waals surface area contributed by atoms with Crippen molar-refractivity contribution in [3.05, 3.63) is 12.7 Å². The first-order valence-electron chi connectivity index (χ1n) is 12.4. The van der Waals surface area contributed by atoms with Gasteiger partial charge < -0.3 is 15.7 Å². The zero-order valence-corrected chi connectivity index (χ0v) is 19.6. The van der Waals surface area contributed by atoms with Crippen molar-refractivity contribution in [3.8, 4) is 0 Å². The lowest BCUT2D eigenvalue weighted by Crippen LogP contribution is -2.23. The highest BCUT2D eigenvalue weighted by atomic mass is 16.4. The van der Waals surface area contributed by atoms with Gasteiger partial charge in [0.05, 0.1) is 0 Å². The van der Waals surface area contributed by atoms with Crippen LogP contribution in [0, 0.1) is 0 Å². The Morgan fingerprint density at radius 3 is 1.42 bits per heavy atom. The monoisotopic (exact) mass is 438 g/mol. The summed E-state index contributed by atoms with van der Waals surface area (Å²) in [5.74, 6) is -0.611. The van der Waals surface area contributed by atoms with Crippen molar-refractivity contribution in [1.82, 2.24) is 10.6 Å². The van der Waals surface area contributed by atoms with Gasteiger partial charge in [0.25, 0.3) is 0 Å². The quantitative estimate of drug-likeness (QED) is 0.145. The minimum Gasteiger partial charge on any atom is -0.481 e. The summed E-state index contributed by atoms with van der Waals surface area (Å²) in [7, 11) is 0. The van der Waals surface area contributed by atoms with Gasteiger partial charge in [-0.15, -0.1) is 0 Å².